The highest BCUT2D eigenvalue weighted by Crippen LogP contribution is 2.27. The molecule has 100 valence electrons. The van der Waals surface area contributed by atoms with Crippen molar-refractivity contribution >= 4 is 11.5 Å². The van der Waals surface area contributed by atoms with Gasteiger partial charge in [-0.3, -0.25) is 0 Å². The molecule has 0 saturated heterocycles. The molecule has 0 atom stereocenters. The van der Waals surface area contributed by atoms with Crippen LogP contribution in [0, 0.1) is 6.92 Å². The second-order valence-electron chi connectivity index (χ2n) is 5.36. The summed E-state index contributed by atoms with van der Waals surface area (Å²) >= 11 is 0. The van der Waals surface area contributed by atoms with Crippen LogP contribution in [-0.4, -0.2) is 23.4 Å². The van der Waals surface area contributed by atoms with Crippen LogP contribution in [0.3, 0.4) is 0 Å². The molecule has 4 heteroatoms. The van der Waals surface area contributed by atoms with E-state index in [1.54, 1.807) is 0 Å². The van der Waals surface area contributed by atoms with Crippen LogP contribution in [0.2, 0.25) is 0 Å². The van der Waals surface area contributed by atoms with E-state index in [1.807, 2.05) is 17.8 Å². The van der Waals surface area contributed by atoms with E-state index in [1.165, 1.54) is 29.7 Å². The molecule has 0 bridgehead atoms. The average molecular weight is 256 g/mol. The van der Waals surface area contributed by atoms with E-state index in [4.69, 9.17) is 5.73 Å². The van der Waals surface area contributed by atoms with Crippen LogP contribution in [-0.2, 0) is 13.0 Å². The summed E-state index contributed by atoms with van der Waals surface area (Å²) in [5, 5.41) is 4.32. The maximum atomic E-state index is 6.00. The Bertz CT molecular complexity index is 600. The molecule has 0 amide bonds. The number of nitrogens with zero attached hydrogens (tertiary/aromatic N) is 3. The van der Waals surface area contributed by atoms with Crippen molar-refractivity contribution in [2.75, 3.05) is 24.2 Å². The van der Waals surface area contributed by atoms with E-state index in [2.05, 4.69) is 35.2 Å². The Morgan fingerprint density at radius 3 is 2.95 bits per heavy atom. The van der Waals surface area contributed by atoms with Gasteiger partial charge in [0.2, 0.25) is 0 Å². The lowest BCUT2D eigenvalue weighted by Crippen LogP contribution is -2.24. The molecule has 1 aliphatic rings. The van der Waals surface area contributed by atoms with Crippen LogP contribution in [0.4, 0.5) is 11.5 Å². The molecule has 19 heavy (non-hydrogen) atoms. The van der Waals surface area contributed by atoms with Gasteiger partial charge in [0.15, 0.2) is 0 Å². The molecule has 4 nitrogen and oxygen atoms in total. The van der Waals surface area contributed by atoms with E-state index < -0.39 is 0 Å². The summed E-state index contributed by atoms with van der Waals surface area (Å²) in [6.07, 6.45) is 4.22. The molecule has 0 radical (unpaired) electrons. The van der Waals surface area contributed by atoms with Crippen LogP contribution in [0.1, 0.15) is 23.1 Å². The Kier molecular flexibility index (Phi) is 2.93. The normalized spacial score (nSPS) is 14.5. The first kappa shape index (κ1) is 12.1. The summed E-state index contributed by atoms with van der Waals surface area (Å²) in [5.41, 5.74) is 11.1. The average Bonchev–Trinajstić information content (AvgIpc) is 2.71. The van der Waals surface area contributed by atoms with E-state index in [9.17, 15) is 0 Å². The van der Waals surface area contributed by atoms with Crippen molar-refractivity contribution in [3.05, 3.63) is 41.1 Å². The third-order valence-electron chi connectivity index (χ3n) is 3.90. The highest BCUT2D eigenvalue weighted by Gasteiger charge is 2.14. The van der Waals surface area contributed by atoms with Crippen LogP contribution in [0.15, 0.2) is 24.4 Å². The van der Waals surface area contributed by atoms with Crippen molar-refractivity contribution < 1.29 is 0 Å². The Hall–Kier alpha value is -1.97. The molecule has 1 aromatic heterocycles. The van der Waals surface area contributed by atoms with Gasteiger partial charge in [0, 0.05) is 24.8 Å². The summed E-state index contributed by atoms with van der Waals surface area (Å²) in [5.74, 6) is 0.759. The lowest BCUT2D eigenvalue weighted by atomic mass is 9.99. The fraction of sp³-hybridized carbons (Fsp3) is 0.400. The number of nitrogens with two attached hydrogens (primary N) is 1. The number of fused-ring (bicyclic) bond motifs is 1. The summed E-state index contributed by atoms with van der Waals surface area (Å²) in [6.45, 7) is 3.88. The number of rotatable bonds is 2. The van der Waals surface area contributed by atoms with Gasteiger partial charge in [-0.05, 0) is 37.0 Å². The molecule has 0 fully saturated rings. The summed E-state index contributed by atoms with van der Waals surface area (Å²) in [7, 11) is 2.16. The zero-order valence-electron chi connectivity index (χ0n) is 11.6. The van der Waals surface area contributed by atoms with Gasteiger partial charge in [0.05, 0.1) is 12.7 Å². The molecule has 2 N–H and O–H groups in total. The third-order valence-corrected chi connectivity index (χ3v) is 3.90. The molecule has 0 unspecified atom stereocenters. The van der Waals surface area contributed by atoms with Gasteiger partial charge >= 0.3 is 0 Å². The number of nitrogen functional groups attached to an aromatic ring is 1. The van der Waals surface area contributed by atoms with E-state index in [-0.39, 0.29) is 0 Å². The fourth-order valence-corrected chi connectivity index (χ4v) is 2.72. The second-order valence-corrected chi connectivity index (χ2v) is 5.36. The van der Waals surface area contributed by atoms with Gasteiger partial charge in [-0.25, -0.2) is 4.68 Å². The van der Waals surface area contributed by atoms with Crippen molar-refractivity contribution in [1.29, 1.82) is 0 Å². The topological polar surface area (TPSA) is 47.1 Å². The van der Waals surface area contributed by atoms with Crippen LogP contribution >= 0.6 is 0 Å². The first-order valence-corrected chi connectivity index (χ1v) is 6.76. The number of aryl methyl sites for hydroxylation is 2. The fourth-order valence-electron chi connectivity index (χ4n) is 2.72. The maximum absolute atomic E-state index is 6.00. The summed E-state index contributed by atoms with van der Waals surface area (Å²) in [4.78, 5) is 2.33. The molecule has 0 saturated carbocycles. The smallest absolute Gasteiger partial charge is 0.124 e. The predicted octanol–water partition coefficient (Wildman–Crippen LogP) is 2.20. The van der Waals surface area contributed by atoms with Gasteiger partial charge in [-0.15, -0.1) is 0 Å². The third kappa shape index (κ3) is 2.18. The molecule has 1 aromatic carbocycles. The molecule has 1 aliphatic heterocycles. The molecular weight excluding hydrogens is 236 g/mol. The van der Waals surface area contributed by atoms with Crippen molar-refractivity contribution in [1.82, 2.24) is 9.78 Å². The molecular formula is C15H20N4. The predicted molar refractivity (Wildman–Crippen MR) is 78.5 cm³/mol. The number of benzene rings is 1. The number of hydrogen-bond donors (Lipinski definition) is 1. The van der Waals surface area contributed by atoms with Crippen molar-refractivity contribution in [3.63, 3.8) is 0 Å². The van der Waals surface area contributed by atoms with Gasteiger partial charge < -0.3 is 10.6 Å². The lowest BCUT2D eigenvalue weighted by molar-refractivity contribution is 0.692. The quantitative estimate of drug-likeness (QED) is 0.896. The Balaban J connectivity index is 1.88. The standard InChI is InChI=1S/C15H20N4/c1-11-9-17-19(15(11)16)10-12-5-6-14-13(8-12)4-3-7-18(14)2/h5-6,8-9H,3-4,7,10,16H2,1-2H3. The number of aromatic nitrogens is 2. The molecule has 3 rings (SSSR count). The van der Waals surface area contributed by atoms with Crippen LogP contribution in [0.25, 0.3) is 0 Å². The summed E-state index contributed by atoms with van der Waals surface area (Å²) in [6, 6.07) is 6.69. The second kappa shape index (κ2) is 4.61. The SMILES string of the molecule is Cc1cnn(Cc2ccc3c(c2)CCCN3C)c1N. The van der Waals surface area contributed by atoms with Gasteiger partial charge in [-0.1, -0.05) is 12.1 Å². The van der Waals surface area contributed by atoms with Crippen molar-refractivity contribution in [3.8, 4) is 0 Å². The van der Waals surface area contributed by atoms with E-state index in [0.29, 0.717) is 0 Å². The minimum absolute atomic E-state index is 0.747. The first-order chi connectivity index (χ1) is 9.15. The number of hydrogen-bond acceptors (Lipinski definition) is 3. The Morgan fingerprint density at radius 1 is 1.37 bits per heavy atom. The van der Waals surface area contributed by atoms with Gasteiger partial charge in [-0.2, -0.15) is 5.10 Å². The maximum Gasteiger partial charge on any atom is 0.124 e. The summed E-state index contributed by atoms with van der Waals surface area (Å²) < 4.78 is 1.86. The minimum atomic E-state index is 0.747. The zero-order valence-corrected chi connectivity index (χ0v) is 11.6. The molecule has 2 heterocycles. The molecule has 2 aromatic rings. The Labute approximate surface area is 113 Å². The van der Waals surface area contributed by atoms with E-state index >= 15 is 0 Å². The molecule has 0 aliphatic carbocycles. The molecule has 0 spiro atoms. The van der Waals surface area contributed by atoms with Crippen molar-refractivity contribution in [2.45, 2.75) is 26.3 Å². The lowest BCUT2D eigenvalue weighted by Gasteiger charge is -2.27. The monoisotopic (exact) mass is 256 g/mol. The largest absolute Gasteiger partial charge is 0.384 e. The van der Waals surface area contributed by atoms with Crippen LogP contribution < -0.4 is 10.6 Å². The van der Waals surface area contributed by atoms with Crippen LogP contribution in [0.5, 0.6) is 0 Å². The Morgan fingerprint density at radius 2 is 2.21 bits per heavy atom. The van der Waals surface area contributed by atoms with E-state index in [0.717, 1.165) is 24.5 Å². The number of anilines is 2. The first-order valence-electron chi connectivity index (χ1n) is 6.76. The zero-order chi connectivity index (χ0) is 13.4. The van der Waals surface area contributed by atoms with Crippen molar-refractivity contribution in [2.24, 2.45) is 0 Å². The minimum Gasteiger partial charge on any atom is -0.384 e. The van der Waals surface area contributed by atoms with Gasteiger partial charge in [0.1, 0.15) is 5.82 Å². The van der Waals surface area contributed by atoms with Gasteiger partial charge in [0.25, 0.3) is 0 Å². The highest BCUT2D eigenvalue weighted by atomic mass is 15.3. The highest BCUT2D eigenvalue weighted by molar-refractivity contribution is 5.56.